The smallest absolute Gasteiger partial charge is 0.407 e. The van der Waals surface area contributed by atoms with Crippen molar-refractivity contribution in [3.63, 3.8) is 0 Å². The van der Waals surface area contributed by atoms with Crippen LogP contribution in [0.3, 0.4) is 0 Å². The zero-order chi connectivity index (χ0) is 28.3. The van der Waals surface area contributed by atoms with Gasteiger partial charge in [0.25, 0.3) is 5.56 Å². The first-order valence-electron chi connectivity index (χ1n) is 12.9. The molecule has 0 saturated heterocycles. The van der Waals surface area contributed by atoms with E-state index in [1.165, 1.54) is 18.3 Å². The number of rotatable bonds is 7. The molecule has 0 atom stereocenters. The molecule has 2 heterocycles. The van der Waals surface area contributed by atoms with E-state index < -0.39 is 11.7 Å². The van der Waals surface area contributed by atoms with Crippen LogP contribution in [0.2, 0.25) is 0 Å². The first-order valence-corrected chi connectivity index (χ1v) is 13.8. The molecule has 0 aliphatic carbocycles. The molecule has 9 heteroatoms. The van der Waals surface area contributed by atoms with Gasteiger partial charge in [0.1, 0.15) is 16.4 Å². The molecular formula is C30H34N4O4S. The summed E-state index contributed by atoms with van der Waals surface area (Å²) in [5, 5.41) is 9.43. The van der Waals surface area contributed by atoms with Crippen molar-refractivity contribution in [1.82, 2.24) is 14.9 Å². The Hall–Kier alpha value is -3.98. The number of hydrogen-bond donors (Lipinski definition) is 2. The third-order valence-electron chi connectivity index (χ3n) is 5.84. The number of anilines is 1. The molecule has 4 rings (SSSR count). The van der Waals surface area contributed by atoms with E-state index in [1.807, 2.05) is 69.3 Å². The number of ether oxygens (including phenoxy) is 1. The monoisotopic (exact) mass is 546 g/mol. The van der Waals surface area contributed by atoms with Crippen molar-refractivity contribution in [2.75, 3.05) is 5.32 Å². The van der Waals surface area contributed by atoms with Crippen LogP contribution in [0.1, 0.15) is 47.2 Å². The maximum atomic E-state index is 13.9. The second-order valence-electron chi connectivity index (χ2n) is 10.8. The lowest BCUT2D eigenvalue weighted by atomic mass is 9.95. The van der Waals surface area contributed by atoms with Crippen LogP contribution in [0.4, 0.5) is 10.6 Å². The number of fused-ring (bicyclic) bond motifs is 1. The molecule has 8 nitrogen and oxygen atoms in total. The second-order valence-corrected chi connectivity index (χ2v) is 11.7. The highest BCUT2D eigenvalue weighted by Crippen LogP contribution is 2.35. The molecule has 204 valence electrons. The van der Waals surface area contributed by atoms with Crippen molar-refractivity contribution in [2.24, 2.45) is 5.92 Å². The molecular weight excluding hydrogens is 512 g/mol. The number of carbonyl (C=O) groups is 2. The lowest BCUT2D eigenvalue weighted by molar-refractivity contribution is -0.114. The summed E-state index contributed by atoms with van der Waals surface area (Å²) in [5.41, 5.74) is 2.55. The Morgan fingerprint density at radius 2 is 1.77 bits per heavy atom. The minimum absolute atomic E-state index is 0.116. The van der Waals surface area contributed by atoms with Gasteiger partial charge in [-0.05, 0) is 49.8 Å². The Morgan fingerprint density at radius 3 is 2.41 bits per heavy atom. The average Bonchev–Trinajstić information content (AvgIpc) is 3.31. The van der Waals surface area contributed by atoms with Crippen LogP contribution in [-0.2, 0) is 22.6 Å². The van der Waals surface area contributed by atoms with Crippen LogP contribution >= 0.6 is 11.3 Å². The molecule has 2 aromatic heterocycles. The Labute approximate surface area is 232 Å². The van der Waals surface area contributed by atoms with Crippen LogP contribution in [0.15, 0.2) is 58.7 Å². The van der Waals surface area contributed by atoms with Crippen LogP contribution < -0.4 is 16.2 Å². The number of carbonyl (C=O) groups excluding carboxylic acids is 2. The zero-order valence-corrected chi connectivity index (χ0v) is 23.9. The molecule has 0 radical (unpaired) electrons. The molecule has 39 heavy (non-hydrogen) atoms. The van der Waals surface area contributed by atoms with Crippen molar-refractivity contribution in [3.05, 3.63) is 70.0 Å². The Balaban J connectivity index is 1.94. The van der Waals surface area contributed by atoms with E-state index in [1.54, 1.807) is 9.95 Å². The minimum Gasteiger partial charge on any atom is -0.444 e. The van der Waals surface area contributed by atoms with Gasteiger partial charge in [-0.3, -0.25) is 9.59 Å². The van der Waals surface area contributed by atoms with Gasteiger partial charge >= 0.3 is 6.09 Å². The van der Waals surface area contributed by atoms with Gasteiger partial charge in [-0.15, -0.1) is 11.3 Å². The number of alkyl carbamates (subject to hydrolysis) is 1. The van der Waals surface area contributed by atoms with Crippen molar-refractivity contribution in [3.8, 4) is 21.7 Å². The summed E-state index contributed by atoms with van der Waals surface area (Å²) in [7, 11) is 0. The van der Waals surface area contributed by atoms with E-state index >= 15 is 0 Å². The molecule has 0 spiro atoms. The van der Waals surface area contributed by atoms with Gasteiger partial charge in [0.2, 0.25) is 5.91 Å². The molecule has 0 unspecified atom stereocenters. The SMILES string of the molecule is CC(=O)Nc1csc(-c2ccc3c(=O)n(CC(C)C)c(CNC(=O)OC(C)(C)C)c(-c4ccccc4)c3c2)n1. The van der Waals surface area contributed by atoms with Crippen molar-refractivity contribution in [2.45, 2.75) is 60.2 Å². The Morgan fingerprint density at radius 1 is 1.05 bits per heavy atom. The summed E-state index contributed by atoms with van der Waals surface area (Å²) in [4.78, 5) is 42.5. The fourth-order valence-corrected chi connectivity index (χ4v) is 5.16. The molecule has 4 aromatic rings. The van der Waals surface area contributed by atoms with Crippen molar-refractivity contribution >= 4 is 39.9 Å². The fourth-order valence-electron chi connectivity index (χ4n) is 4.41. The summed E-state index contributed by atoms with van der Waals surface area (Å²) in [5.74, 6) is 0.496. The van der Waals surface area contributed by atoms with E-state index in [0.29, 0.717) is 23.4 Å². The lowest BCUT2D eigenvalue weighted by Crippen LogP contribution is -2.35. The quantitative estimate of drug-likeness (QED) is 0.278. The molecule has 0 aliphatic heterocycles. The normalized spacial score (nSPS) is 11.6. The van der Waals surface area contributed by atoms with Gasteiger partial charge in [-0.2, -0.15) is 0 Å². The zero-order valence-electron chi connectivity index (χ0n) is 23.1. The molecule has 2 N–H and O–H groups in total. The van der Waals surface area contributed by atoms with Crippen molar-refractivity contribution in [1.29, 1.82) is 0 Å². The van der Waals surface area contributed by atoms with E-state index in [9.17, 15) is 14.4 Å². The number of thiazole rings is 1. The molecule has 0 fully saturated rings. The lowest BCUT2D eigenvalue weighted by Gasteiger charge is -2.23. The summed E-state index contributed by atoms with van der Waals surface area (Å²) in [6.45, 7) is 11.6. The minimum atomic E-state index is -0.647. The third-order valence-corrected chi connectivity index (χ3v) is 6.73. The van der Waals surface area contributed by atoms with Crippen LogP contribution in [0, 0.1) is 5.92 Å². The highest BCUT2D eigenvalue weighted by Gasteiger charge is 2.22. The first kappa shape index (κ1) is 28.0. The fraction of sp³-hybridized carbons (Fsp3) is 0.333. The van der Waals surface area contributed by atoms with Gasteiger partial charge in [-0.25, -0.2) is 9.78 Å². The van der Waals surface area contributed by atoms with Gasteiger partial charge in [0, 0.05) is 41.1 Å². The molecule has 2 amide bonds. The van der Waals surface area contributed by atoms with E-state index in [0.717, 1.165) is 27.1 Å². The Kier molecular flexibility index (Phi) is 8.20. The number of benzene rings is 2. The van der Waals surface area contributed by atoms with Crippen LogP contribution in [-0.4, -0.2) is 27.2 Å². The molecule has 0 aliphatic rings. The predicted molar refractivity (Wildman–Crippen MR) is 157 cm³/mol. The maximum absolute atomic E-state index is 13.9. The van der Waals surface area contributed by atoms with Crippen LogP contribution in [0.25, 0.3) is 32.5 Å². The number of nitrogens with zero attached hydrogens (tertiary/aromatic N) is 2. The maximum Gasteiger partial charge on any atom is 0.407 e. The first-order chi connectivity index (χ1) is 18.4. The molecule has 2 aromatic carbocycles. The topological polar surface area (TPSA) is 102 Å². The van der Waals surface area contributed by atoms with Crippen LogP contribution in [0.5, 0.6) is 0 Å². The number of amides is 2. The van der Waals surface area contributed by atoms with Crippen molar-refractivity contribution < 1.29 is 14.3 Å². The summed E-state index contributed by atoms with van der Waals surface area (Å²) in [6.07, 6.45) is -0.549. The number of nitrogens with one attached hydrogen (secondary N) is 2. The molecule has 0 saturated carbocycles. The van der Waals surface area contributed by atoms with Gasteiger partial charge in [0.15, 0.2) is 0 Å². The van der Waals surface area contributed by atoms with Gasteiger partial charge in [-0.1, -0.05) is 50.2 Å². The standard InChI is InChI=1S/C30H34N4O4S/c1-18(2)16-34-24(15-31-29(37)38-30(4,5)6)26(20-10-8-7-9-11-20)23-14-21(12-13-22(23)28(34)36)27-33-25(17-39-27)32-19(3)35/h7-14,17-18H,15-16H2,1-6H3,(H,31,37)(H,32,35). The number of pyridine rings is 1. The second kappa shape index (κ2) is 11.4. The van der Waals surface area contributed by atoms with E-state index in [2.05, 4.69) is 29.5 Å². The predicted octanol–water partition coefficient (Wildman–Crippen LogP) is 6.43. The highest BCUT2D eigenvalue weighted by atomic mass is 32.1. The summed E-state index contributed by atoms with van der Waals surface area (Å²) >= 11 is 1.41. The number of aromatic nitrogens is 2. The number of hydrogen-bond acceptors (Lipinski definition) is 6. The van der Waals surface area contributed by atoms with E-state index in [4.69, 9.17) is 4.74 Å². The van der Waals surface area contributed by atoms with E-state index in [-0.39, 0.29) is 23.9 Å². The largest absolute Gasteiger partial charge is 0.444 e. The van der Waals surface area contributed by atoms with Gasteiger partial charge in [0.05, 0.1) is 6.54 Å². The summed E-state index contributed by atoms with van der Waals surface area (Å²) < 4.78 is 7.24. The summed E-state index contributed by atoms with van der Waals surface area (Å²) in [6, 6.07) is 15.5. The highest BCUT2D eigenvalue weighted by molar-refractivity contribution is 7.13. The van der Waals surface area contributed by atoms with Gasteiger partial charge < -0.3 is 19.9 Å². The average molecular weight is 547 g/mol. The molecule has 0 bridgehead atoms. The third kappa shape index (κ3) is 6.72. The Bertz CT molecular complexity index is 1570.